The number of nitrogens with zero attached hydrogens (tertiary/aromatic N) is 2. The van der Waals surface area contributed by atoms with Crippen molar-refractivity contribution in [1.82, 2.24) is 15.1 Å². The molecule has 1 atom stereocenters. The molecule has 0 aromatic heterocycles. The SMILES string of the molecule is Cc1ccccc1CN(C)C(=O)CN1CCC2(CCNC2)C1.Cl. The molecule has 128 valence electrons. The molecule has 2 heterocycles. The van der Waals surface area contributed by atoms with Crippen LogP contribution in [0.15, 0.2) is 24.3 Å². The van der Waals surface area contributed by atoms with Gasteiger partial charge in [0.25, 0.3) is 0 Å². The molecule has 1 aromatic carbocycles. The van der Waals surface area contributed by atoms with E-state index in [1.54, 1.807) is 0 Å². The Balaban J connectivity index is 0.00000192. The van der Waals surface area contributed by atoms with Crippen LogP contribution in [0.2, 0.25) is 0 Å². The lowest BCUT2D eigenvalue weighted by Crippen LogP contribution is -2.38. The highest BCUT2D eigenvalue weighted by Crippen LogP contribution is 2.35. The van der Waals surface area contributed by atoms with E-state index in [4.69, 9.17) is 0 Å². The number of likely N-dealkylation sites (N-methyl/N-ethyl adjacent to an activating group) is 1. The van der Waals surface area contributed by atoms with Gasteiger partial charge in [0.15, 0.2) is 0 Å². The summed E-state index contributed by atoms with van der Waals surface area (Å²) in [7, 11) is 1.91. The number of hydrogen-bond donors (Lipinski definition) is 1. The van der Waals surface area contributed by atoms with Crippen LogP contribution in [0, 0.1) is 12.3 Å². The first-order chi connectivity index (χ1) is 10.6. The molecule has 2 aliphatic rings. The van der Waals surface area contributed by atoms with Crippen molar-refractivity contribution in [3.8, 4) is 0 Å². The predicted molar refractivity (Wildman–Crippen MR) is 95.9 cm³/mol. The Morgan fingerprint density at radius 2 is 2.13 bits per heavy atom. The average molecular weight is 338 g/mol. The second-order valence-corrected chi connectivity index (χ2v) is 7.06. The summed E-state index contributed by atoms with van der Waals surface area (Å²) in [6.07, 6.45) is 2.49. The Hall–Kier alpha value is -1.10. The molecule has 0 bridgehead atoms. The number of aryl methyl sites for hydroxylation is 1. The van der Waals surface area contributed by atoms with Crippen LogP contribution in [-0.4, -0.2) is 55.5 Å². The molecule has 5 heteroatoms. The fourth-order valence-corrected chi connectivity index (χ4v) is 3.75. The highest BCUT2D eigenvalue weighted by molar-refractivity contribution is 5.85. The van der Waals surface area contributed by atoms with Gasteiger partial charge in [-0.15, -0.1) is 12.4 Å². The highest BCUT2D eigenvalue weighted by atomic mass is 35.5. The first kappa shape index (κ1) is 18.2. The van der Waals surface area contributed by atoms with Gasteiger partial charge in [-0.25, -0.2) is 0 Å². The van der Waals surface area contributed by atoms with Gasteiger partial charge in [-0.2, -0.15) is 0 Å². The van der Waals surface area contributed by atoms with Gasteiger partial charge in [-0.05, 0) is 49.4 Å². The first-order valence-corrected chi connectivity index (χ1v) is 8.30. The van der Waals surface area contributed by atoms with Gasteiger partial charge >= 0.3 is 0 Å². The van der Waals surface area contributed by atoms with Gasteiger partial charge in [0, 0.05) is 26.7 Å². The highest BCUT2D eigenvalue weighted by Gasteiger charge is 2.40. The van der Waals surface area contributed by atoms with Crippen LogP contribution in [0.4, 0.5) is 0 Å². The van der Waals surface area contributed by atoms with Gasteiger partial charge in [0.1, 0.15) is 0 Å². The monoisotopic (exact) mass is 337 g/mol. The Morgan fingerprint density at radius 3 is 2.83 bits per heavy atom. The van der Waals surface area contributed by atoms with Crippen LogP contribution < -0.4 is 5.32 Å². The van der Waals surface area contributed by atoms with Crippen molar-refractivity contribution in [3.05, 3.63) is 35.4 Å². The minimum atomic E-state index is 0. The molecular formula is C18H28ClN3O. The molecule has 1 unspecified atom stereocenters. The van der Waals surface area contributed by atoms with Crippen molar-refractivity contribution in [2.45, 2.75) is 26.3 Å². The maximum Gasteiger partial charge on any atom is 0.236 e. The minimum absolute atomic E-state index is 0. The number of carbonyl (C=O) groups is 1. The number of amides is 1. The van der Waals surface area contributed by atoms with Gasteiger partial charge in [-0.1, -0.05) is 24.3 Å². The Kier molecular flexibility index (Phi) is 6.06. The molecule has 1 spiro atoms. The van der Waals surface area contributed by atoms with Gasteiger partial charge in [-0.3, -0.25) is 9.69 Å². The van der Waals surface area contributed by atoms with E-state index in [0.29, 0.717) is 18.5 Å². The number of likely N-dealkylation sites (tertiary alicyclic amines) is 1. The third-order valence-corrected chi connectivity index (χ3v) is 5.30. The van der Waals surface area contributed by atoms with Crippen LogP contribution >= 0.6 is 12.4 Å². The maximum absolute atomic E-state index is 12.5. The largest absolute Gasteiger partial charge is 0.340 e. The van der Waals surface area contributed by atoms with E-state index in [1.807, 2.05) is 24.1 Å². The Bertz CT molecular complexity index is 543. The zero-order chi connectivity index (χ0) is 15.6. The lowest BCUT2D eigenvalue weighted by Gasteiger charge is -2.25. The summed E-state index contributed by atoms with van der Waals surface area (Å²) < 4.78 is 0. The average Bonchev–Trinajstić information content (AvgIpc) is 3.12. The Labute approximate surface area is 145 Å². The maximum atomic E-state index is 12.5. The summed E-state index contributed by atoms with van der Waals surface area (Å²) in [5.41, 5.74) is 2.92. The fourth-order valence-electron chi connectivity index (χ4n) is 3.75. The van der Waals surface area contributed by atoms with Gasteiger partial charge < -0.3 is 10.2 Å². The summed E-state index contributed by atoms with van der Waals surface area (Å²) >= 11 is 0. The lowest BCUT2D eigenvalue weighted by molar-refractivity contribution is -0.131. The van der Waals surface area contributed by atoms with E-state index in [9.17, 15) is 4.79 Å². The number of carbonyl (C=O) groups excluding carboxylic acids is 1. The third kappa shape index (κ3) is 4.25. The van der Waals surface area contributed by atoms with E-state index in [-0.39, 0.29) is 18.3 Å². The van der Waals surface area contributed by atoms with Crippen LogP contribution in [0.5, 0.6) is 0 Å². The summed E-state index contributed by atoms with van der Waals surface area (Å²) in [6.45, 7) is 7.75. The zero-order valence-electron chi connectivity index (χ0n) is 14.2. The molecule has 0 aliphatic carbocycles. The summed E-state index contributed by atoms with van der Waals surface area (Å²) in [6, 6.07) is 8.29. The molecule has 1 aromatic rings. The van der Waals surface area contributed by atoms with Crippen LogP contribution in [0.25, 0.3) is 0 Å². The molecule has 1 N–H and O–H groups in total. The van der Waals surface area contributed by atoms with Crippen molar-refractivity contribution in [2.24, 2.45) is 5.41 Å². The van der Waals surface area contributed by atoms with Crippen molar-refractivity contribution >= 4 is 18.3 Å². The van der Waals surface area contributed by atoms with Crippen LogP contribution in [-0.2, 0) is 11.3 Å². The standard InChI is InChI=1S/C18H27N3O.ClH/c1-15-5-3-4-6-16(15)11-20(2)17(22)12-21-10-8-18(14-21)7-9-19-13-18;/h3-6,19H,7-14H2,1-2H3;1H. The third-order valence-electron chi connectivity index (χ3n) is 5.30. The molecule has 4 nitrogen and oxygen atoms in total. The molecule has 23 heavy (non-hydrogen) atoms. The van der Waals surface area contributed by atoms with Gasteiger partial charge in [0.2, 0.25) is 5.91 Å². The van der Waals surface area contributed by atoms with Crippen LogP contribution in [0.3, 0.4) is 0 Å². The molecule has 0 saturated carbocycles. The first-order valence-electron chi connectivity index (χ1n) is 8.30. The van der Waals surface area contributed by atoms with E-state index in [0.717, 1.165) is 26.2 Å². The van der Waals surface area contributed by atoms with E-state index in [2.05, 4.69) is 29.3 Å². The lowest BCUT2D eigenvalue weighted by atomic mass is 9.87. The second-order valence-electron chi connectivity index (χ2n) is 7.06. The molecule has 2 aliphatic heterocycles. The minimum Gasteiger partial charge on any atom is -0.340 e. The molecule has 2 saturated heterocycles. The van der Waals surface area contributed by atoms with E-state index < -0.39 is 0 Å². The topological polar surface area (TPSA) is 35.6 Å². The zero-order valence-corrected chi connectivity index (χ0v) is 15.0. The summed E-state index contributed by atoms with van der Waals surface area (Å²) in [5.74, 6) is 0.228. The summed E-state index contributed by atoms with van der Waals surface area (Å²) in [5, 5.41) is 3.47. The molecular weight excluding hydrogens is 310 g/mol. The number of nitrogens with one attached hydrogen (secondary N) is 1. The van der Waals surface area contributed by atoms with Crippen LogP contribution in [0.1, 0.15) is 24.0 Å². The predicted octanol–water partition coefficient (Wildman–Crippen LogP) is 2.06. The fraction of sp³-hybridized carbons (Fsp3) is 0.611. The van der Waals surface area contributed by atoms with Crippen molar-refractivity contribution in [1.29, 1.82) is 0 Å². The molecule has 3 rings (SSSR count). The smallest absolute Gasteiger partial charge is 0.236 e. The molecule has 2 fully saturated rings. The van der Waals surface area contributed by atoms with E-state index in [1.165, 1.54) is 24.0 Å². The number of halogens is 1. The molecule has 0 radical (unpaired) electrons. The number of benzene rings is 1. The second kappa shape index (κ2) is 7.65. The number of rotatable bonds is 4. The van der Waals surface area contributed by atoms with Crippen molar-refractivity contribution in [3.63, 3.8) is 0 Å². The van der Waals surface area contributed by atoms with E-state index >= 15 is 0 Å². The number of hydrogen-bond acceptors (Lipinski definition) is 3. The normalized spacial score (nSPS) is 23.9. The quantitative estimate of drug-likeness (QED) is 0.913. The van der Waals surface area contributed by atoms with Crippen molar-refractivity contribution < 1.29 is 4.79 Å². The van der Waals surface area contributed by atoms with Crippen molar-refractivity contribution in [2.75, 3.05) is 39.8 Å². The molecule has 1 amide bonds. The Morgan fingerprint density at radius 1 is 1.35 bits per heavy atom. The van der Waals surface area contributed by atoms with Gasteiger partial charge in [0.05, 0.1) is 6.54 Å². The summed E-state index contributed by atoms with van der Waals surface area (Å²) in [4.78, 5) is 16.7.